The van der Waals surface area contributed by atoms with E-state index in [0.717, 1.165) is 13.0 Å². The summed E-state index contributed by atoms with van der Waals surface area (Å²) in [6.45, 7) is 1.04. The van der Waals surface area contributed by atoms with Gasteiger partial charge >= 0.3 is 0 Å². The molecule has 1 aliphatic heterocycles. The molecule has 1 rings (SSSR count). The summed E-state index contributed by atoms with van der Waals surface area (Å²) in [7, 11) is 5.87. The van der Waals surface area contributed by atoms with E-state index in [0.29, 0.717) is 12.3 Å². The van der Waals surface area contributed by atoms with Crippen LogP contribution in [0.1, 0.15) is 6.42 Å². The molecule has 0 aromatic carbocycles. The van der Waals surface area contributed by atoms with Gasteiger partial charge in [-0.2, -0.15) is 0 Å². The monoisotopic (exact) mass is 144 g/mol. The fourth-order valence-corrected chi connectivity index (χ4v) is 1.46. The Balaban J connectivity index is 2.36. The Morgan fingerprint density at radius 1 is 1.60 bits per heavy atom. The van der Waals surface area contributed by atoms with Crippen molar-refractivity contribution in [2.75, 3.05) is 27.7 Å². The number of rotatable bonds is 2. The van der Waals surface area contributed by atoms with Crippen LogP contribution in [0.5, 0.6) is 0 Å². The van der Waals surface area contributed by atoms with E-state index in [1.165, 1.54) is 0 Å². The van der Waals surface area contributed by atoms with Crippen molar-refractivity contribution in [3.05, 3.63) is 0 Å². The number of likely N-dealkylation sites (tertiary alicyclic amines) is 1. The van der Waals surface area contributed by atoms with Gasteiger partial charge in [0, 0.05) is 20.1 Å². The molecule has 0 aromatic heterocycles. The molecule has 0 radical (unpaired) electrons. The van der Waals surface area contributed by atoms with Gasteiger partial charge in [0.05, 0.1) is 12.3 Å². The lowest BCUT2D eigenvalue weighted by Gasteiger charge is -2.16. The maximum absolute atomic E-state index is 5.23. The third-order valence-corrected chi connectivity index (χ3v) is 2.18. The first kappa shape index (κ1) is 7.98. The average molecular weight is 144 g/mol. The summed E-state index contributed by atoms with van der Waals surface area (Å²) in [5.74, 6) is 0. The lowest BCUT2D eigenvalue weighted by Crippen LogP contribution is -2.35. The van der Waals surface area contributed by atoms with Gasteiger partial charge in [-0.25, -0.2) is 0 Å². The SMILES string of the molecule is CNC1CC(OC)CN1C. The molecule has 1 aliphatic rings. The minimum absolute atomic E-state index is 0.419. The minimum atomic E-state index is 0.419. The summed E-state index contributed by atoms with van der Waals surface area (Å²) in [5.41, 5.74) is 0. The molecular formula is C7H16N2O. The zero-order chi connectivity index (χ0) is 7.56. The number of hydrogen-bond acceptors (Lipinski definition) is 3. The van der Waals surface area contributed by atoms with Crippen LogP contribution in [0.3, 0.4) is 0 Å². The van der Waals surface area contributed by atoms with E-state index < -0.39 is 0 Å². The fraction of sp³-hybridized carbons (Fsp3) is 1.00. The highest BCUT2D eigenvalue weighted by molar-refractivity contribution is 4.80. The highest BCUT2D eigenvalue weighted by Crippen LogP contribution is 2.14. The second kappa shape index (κ2) is 3.32. The molecule has 0 aromatic rings. The van der Waals surface area contributed by atoms with Gasteiger partial charge in [0.2, 0.25) is 0 Å². The Hall–Kier alpha value is -0.120. The summed E-state index contributed by atoms with van der Waals surface area (Å²) in [5, 5.41) is 3.22. The highest BCUT2D eigenvalue weighted by atomic mass is 16.5. The van der Waals surface area contributed by atoms with Crippen LogP contribution in [0.4, 0.5) is 0 Å². The van der Waals surface area contributed by atoms with Crippen LogP contribution < -0.4 is 5.32 Å². The van der Waals surface area contributed by atoms with Crippen LogP contribution in [0.25, 0.3) is 0 Å². The minimum Gasteiger partial charge on any atom is -0.380 e. The zero-order valence-electron chi connectivity index (χ0n) is 6.92. The molecule has 0 saturated carbocycles. The number of nitrogens with zero attached hydrogens (tertiary/aromatic N) is 1. The maximum Gasteiger partial charge on any atom is 0.0726 e. The van der Waals surface area contributed by atoms with E-state index in [9.17, 15) is 0 Å². The van der Waals surface area contributed by atoms with Gasteiger partial charge in [0.1, 0.15) is 0 Å². The Morgan fingerprint density at radius 3 is 2.60 bits per heavy atom. The molecule has 0 aliphatic carbocycles. The topological polar surface area (TPSA) is 24.5 Å². The number of nitrogens with one attached hydrogen (secondary N) is 1. The molecule has 3 nitrogen and oxygen atoms in total. The number of hydrogen-bond donors (Lipinski definition) is 1. The Labute approximate surface area is 62.3 Å². The second-order valence-electron chi connectivity index (χ2n) is 2.84. The van der Waals surface area contributed by atoms with Crippen molar-refractivity contribution in [2.24, 2.45) is 0 Å². The van der Waals surface area contributed by atoms with Crippen LogP contribution in [0, 0.1) is 0 Å². The van der Waals surface area contributed by atoms with Gasteiger partial charge < -0.3 is 10.1 Å². The molecule has 60 valence electrons. The predicted octanol–water partition coefficient (Wildman–Crippen LogP) is -0.118. The van der Waals surface area contributed by atoms with E-state index in [2.05, 4.69) is 17.3 Å². The number of ether oxygens (including phenoxy) is 1. The van der Waals surface area contributed by atoms with Crippen molar-refractivity contribution in [3.8, 4) is 0 Å². The molecule has 2 unspecified atom stereocenters. The standard InChI is InChI=1S/C7H16N2O/c1-8-7-4-6(10-3)5-9(7)2/h6-8H,4-5H2,1-3H3. The van der Waals surface area contributed by atoms with E-state index >= 15 is 0 Å². The van der Waals surface area contributed by atoms with Gasteiger partial charge in [0.25, 0.3) is 0 Å². The summed E-state index contributed by atoms with van der Waals surface area (Å²) >= 11 is 0. The number of methoxy groups -OCH3 is 1. The molecule has 1 fully saturated rings. The quantitative estimate of drug-likeness (QED) is 0.585. The predicted molar refractivity (Wildman–Crippen MR) is 40.9 cm³/mol. The summed E-state index contributed by atoms with van der Waals surface area (Å²) < 4.78 is 5.23. The lowest BCUT2D eigenvalue weighted by molar-refractivity contribution is 0.111. The molecule has 1 N–H and O–H groups in total. The van der Waals surface area contributed by atoms with E-state index in [1.54, 1.807) is 7.11 Å². The largest absolute Gasteiger partial charge is 0.380 e. The Morgan fingerprint density at radius 2 is 2.30 bits per heavy atom. The zero-order valence-corrected chi connectivity index (χ0v) is 6.92. The van der Waals surface area contributed by atoms with Crippen molar-refractivity contribution >= 4 is 0 Å². The van der Waals surface area contributed by atoms with Gasteiger partial charge in [0.15, 0.2) is 0 Å². The van der Waals surface area contributed by atoms with Gasteiger partial charge in [-0.3, -0.25) is 4.90 Å². The first-order valence-electron chi connectivity index (χ1n) is 3.68. The number of likely N-dealkylation sites (N-methyl/N-ethyl adjacent to an activating group) is 1. The van der Waals surface area contributed by atoms with E-state index in [-0.39, 0.29) is 0 Å². The molecule has 1 heterocycles. The normalized spacial score (nSPS) is 35.1. The molecule has 0 spiro atoms. The summed E-state index contributed by atoms with van der Waals surface area (Å²) in [4.78, 5) is 2.27. The van der Waals surface area contributed by atoms with Crippen LogP contribution >= 0.6 is 0 Å². The van der Waals surface area contributed by atoms with E-state index in [4.69, 9.17) is 4.74 Å². The maximum atomic E-state index is 5.23. The molecule has 0 bridgehead atoms. The van der Waals surface area contributed by atoms with Crippen molar-refractivity contribution in [1.82, 2.24) is 10.2 Å². The fourth-order valence-electron chi connectivity index (χ4n) is 1.46. The molecule has 3 heteroatoms. The Bertz CT molecular complexity index is 108. The lowest BCUT2D eigenvalue weighted by atomic mass is 10.3. The van der Waals surface area contributed by atoms with Gasteiger partial charge in [-0.1, -0.05) is 0 Å². The molecular weight excluding hydrogens is 128 g/mol. The highest BCUT2D eigenvalue weighted by Gasteiger charge is 2.27. The smallest absolute Gasteiger partial charge is 0.0726 e. The van der Waals surface area contributed by atoms with Gasteiger partial charge in [-0.05, 0) is 14.1 Å². The molecule has 2 atom stereocenters. The van der Waals surface area contributed by atoms with Crippen LogP contribution in [0.2, 0.25) is 0 Å². The second-order valence-corrected chi connectivity index (χ2v) is 2.84. The average Bonchev–Trinajstić information content (AvgIpc) is 2.30. The van der Waals surface area contributed by atoms with E-state index in [1.807, 2.05) is 7.05 Å². The van der Waals surface area contributed by atoms with Crippen LogP contribution in [-0.2, 0) is 4.74 Å². The third-order valence-electron chi connectivity index (χ3n) is 2.18. The third kappa shape index (κ3) is 1.48. The van der Waals surface area contributed by atoms with Crippen molar-refractivity contribution in [2.45, 2.75) is 18.7 Å². The van der Waals surface area contributed by atoms with Crippen molar-refractivity contribution < 1.29 is 4.74 Å². The first-order chi connectivity index (χ1) is 4.77. The summed E-state index contributed by atoms with van der Waals surface area (Å²) in [6, 6.07) is 0. The summed E-state index contributed by atoms with van der Waals surface area (Å²) in [6.07, 6.45) is 2.02. The van der Waals surface area contributed by atoms with Crippen molar-refractivity contribution in [3.63, 3.8) is 0 Å². The molecule has 1 saturated heterocycles. The molecule has 10 heavy (non-hydrogen) atoms. The van der Waals surface area contributed by atoms with Crippen LogP contribution in [-0.4, -0.2) is 44.9 Å². The Kier molecular flexibility index (Phi) is 2.65. The first-order valence-corrected chi connectivity index (χ1v) is 3.68. The molecule has 0 amide bonds. The van der Waals surface area contributed by atoms with Gasteiger partial charge in [-0.15, -0.1) is 0 Å². The van der Waals surface area contributed by atoms with Crippen LogP contribution in [0.15, 0.2) is 0 Å². The van der Waals surface area contributed by atoms with Crippen molar-refractivity contribution in [1.29, 1.82) is 0 Å².